The van der Waals surface area contributed by atoms with Crippen LogP contribution < -0.4 is 10.6 Å². The lowest BCUT2D eigenvalue weighted by atomic mass is 10.1. The number of aryl methyl sites for hydroxylation is 1. The second kappa shape index (κ2) is 7.88. The Balaban J connectivity index is 1.68. The molecule has 1 aromatic carbocycles. The number of hydrogen-bond acceptors (Lipinski definition) is 1. The molecular formula is C16H24FN3. The molecule has 1 aliphatic rings. The maximum Gasteiger partial charge on any atom is 0.191 e. The first-order valence-corrected chi connectivity index (χ1v) is 7.54. The van der Waals surface area contributed by atoms with Crippen LogP contribution in [0.3, 0.4) is 0 Å². The monoisotopic (exact) mass is 277 g/mol. The number of nitrogens with zero attached hydrogens (tertiary/aromatic N) is 1. The number of aliphatic imine (C=N–C) groups is 1. The maximum absolute atomic E-state index is 13.0. The molecule has 2 rings (SSSR count). The highest BCUT2D eigenvalue weighted by atomic mass is 19.1. The van der Waals surface area contributed by atoms with Crippen LogP contribution in [0.4, 0.5) is 4.39 Å². The molecule has 1 fully saturated rings. The Morgan fingerprint density at radius 2 is 2.20 bits per heavy atom. The minimum absolute atomic E-state index is 0.158. The molecule has 20 heavy (non-hydrogen) atoms. The summed E-state index contributed by atoms with van der Waals surface area (Å²) < 4.78 is 13.0. The summed E-state index contributed by atoms with van der Waals surface area (Å²) in [6.07, 6.45) is 4.50. The molecule has 0 aliphatic heterocycles. The van der Waals surface area contributed by atoms with Crippen molar-refractivity contribution in [3.8, 4) is 0 Å². The van der Waals surface area contributed by atoms with Crippen molar-refractivity contribution < 1.29 is 4.39 Å². The van der Waals surface area contributed by atoms with Gasteiger partial charge in [0, 0.05) is 19.6 Å². The summed E-state index contributed by atoms with van der Waals surface area (Å²) in [7, 11) is 0. The highest BCUT2D eigenvalue weighted by Crippen LogP contribution is 2.28. The summed E-state index contributed by atoms with van der Waals surface area (Å²) in [5.74, 6) is 1.55. The molecule has 0 aromatic heterocycles. The molecule has 1 saturated carbocycles. The fourth-order valence-corrected chi connectivity index (χ4v) is 2.05. The third kappa shape index (κ3) is 5.59. The number of nitrogens with one attached hydrogen (secondary N) is 2. The number of benzene rings is 1. The lowest BCUT2D eigenvalue weighted by Crippen LogP contribution is -2.38. The van der Waals surface area contributed by atoms with Gasteiger partial charge in [0.05, 0.1) is 0 Å². The largest absolute Gasteiger partial charge is 0.357 e. The summed E-state index contributed by atoms with van der Waals surface area (Å²) in [4.78, 5) is 4.57. The van der Waals surface area contributed by atoms with E-state index < -0.39 is 0 Å². The molecule has 0 heterocycles. The molecule has 0 saturated heterocycles. The van der Waals surface area contributed by atoms with Crippen LogP contribution in [-0.2, 0) is 6.42 Å². The summed E-state index contributed by atoms with van der Waals surface area (Å²) in [6, 6.07) is 6.82. The van der Waals surface area contributed by atoms with Crippen LogP contribution in [0.25, 0.3) is 0 Å². The second-order valence-corrected chi connectivity index (χ2v) is 5.32. The van der Waals surface area contributed by atoms with Gasteiger partial charge in [-0.15, -0.1) is 0 Å². The van der Waals surface area contributed by atoms with Crippen LogP contribution in [0.5, 0.6) is 0 Å². The van der Waals surface area contributed by atoms with E-state index >= 15 is 0 Å². The van der Waals surface area contributed by atoms with Crippen molar-refractivity contribution in [1.82, 2.24) is 10.6 Å². The normalized spacial score (nSPS) is 15.2. The van der Waals surface area contributed by atoms with Gasteiger partial charge in [0.25, 0.3) is 0 Å². The second-order valence-electron chi connectivity index (χ2n) is 5.32. The van der Waals surface area contributed by atoms with Crippen LogP contribution in [0.1, 0.15) is 31.7 Å². The van der Waals surface area contributed by atoms with Gasteiger partial charge in [-0.05, 0) is 56.2 Å². The Bertz CT molecular complexity index is 441. The molecule has 1 aromatic rings. The highest BCUT2D eigenvalue weighted by molar-refractivity contribution is 5.79. The SMILES string of the molecule is CCNC(=NCC1CC1)NCCCc1cccc(F)c1. The molecule has 0 radical (unpaired) electrons. The van der Waals surface area contributed by atoms with E-state index in [1.165, 1.54) is 18.9 Å². The van der Waals surface area contributed by atoms with Crippen molar-refractivity contribution in [3.63, 3.8) is 0 Å². The topological polar surface area (TPSA) is 36.4 Å². The molecule has 0 atom stereocenters. The van der Waals surface area contributed by atoms with Crippen LogP contribution in [-0.4, -0.2) is 25.6 Å². The summed E-state index contributed by atoms with van der Waals surface area (Å²) in [5.41, 5.74) is 1.05. The van der Waals surface area contributed by atoms with E-state index in [4.69, 9.17) is 0 Å². The van der Waals surface area contributed by atoms with E-state index in [1.807, 2.05) is 6.07 Å². The van der Waals surface area contributed by atoms with Gasteiger partial charge in [0.2, 0.25) is 0 Å². The van der Waals surface area contributed by atoms with Crippen molar-refractivity contribution in [2.75, 3.05) is 19.6 Å². The third-order valence-electron chi connectivity index (χ3n) is 3.37. The van der Waals surface area contributed by atoms with E-state index in [-0.39, 0.29) is 5.82 Å². The number of hydrogen-bond donors (Lipinski definition) is 2. The minimum Gasteiger partial charge on any atom is -0.357 e. The first kappa shape index (κ1) is 14.8. The van der Waals surface area contributed by atoms with E-state index in [0.717, 1.165) is 49.9 Å². The van der Waals surface area contributed by atoms with Crippen molar-refractivity contribution in [1.29, 1.82) is 0 Å². The molecule has 0 bridgehead atoms. The van der Waals surface area contributed by atoms with Crippen LogP contribution in [0, 0.1) is 11.7 Å². The van der Waals surface area contributed by atoms with Gasteiger partial charge in [0.1, 0.15) is 5.82 Å². The minimum atomic E-state index is -0.158. The Labute approximate surface area is 120 Å². The summed E-state index contributed by atoms with van der Waals surface area (Å²) in [6.45, 7) is 4.73. The molecule has 0 amide bonds. The van der Waals surface area contributed by atoms with Crippen molar-refractivity contribution in [2.24, 2.45) is 10.9 Å². The van der Waals surface area contributed by atoms with E-state index in [0.29, 0.717) is 0 Å². The average molecular weight is 277 g/mol. The van der Waals surface area contributed by atoms with E-state index in [9.17, 15) is 4.39 Å². The van der Waals surface area contributed by atoms with Gasteiger partial charge in [-0.25, -0.2) is 4.39 Å². The van der Waals surface area contributed by atoms with Gasteiger partial charge in [-0.2, -0.15) is 0 Å². The predicted molar refractivity (Wildman–Crippen MR) is 81.4 cm³/mol. The molecule has 110 valence electrons. The zero-order valence-corrected chi connectivity index (χ0v) is 12.2. The number of rotatable bonds is 7. The first-order valence-electron chi connectivity index (χ1n) is 7.54. The molecule has 0 unspecified atom stereocenters. The highest BCUT2D eigenvalue weighted by Gasteiger charge is 2.20. The molecular weight excluding hydrogens is 253 g/mol. The number of guanidine groups is 1. The summed E-state index contributed by atoms with van der Waals surface area (Å²) >= 11 is 0. The van der Waals surface area contributed by atoms with E-state index in [2.05, 4.69) is 22.5 Å². The average Bonchev–Trinajstić information content (AvgIpc) is 3.25. The van der Waals surface area contributed by atoms with Gasteiger partial charge in [-0.3, -0.25) is 4.99 Å². The van der Waals surface area contributed by atoms with Gasteiger partial charge >= 0.3 is 0 Å². The Morgan fingerprint density at radius 3 is 2.90 bits per heavy atom. The van der Waals surface area contributed by atoms with Crippen LogP contribution in [0.15, 0.2) is 29.3 Å². The number of halogens is 1. The smallest absolute Gasteiger partial charge is 0.191 e. The Kier molecular flexibility index (Phi) is 5.84. The van der Waals surface area contributed by atoms with E-state index in [1.54, 1.807) is 12.1 Å². The molecule has 2 N–H and O–H groups in total. The Hall–Kier alpha value is -1.58. The predicted octanol–water partition coefficient (Wildman–Crippen LogP) is 2.72. The molecule has 4 heteroatoms. The first-order chi connectivity index (χ1) is 9.78. The molecule has 0 spiro atoms. The maximum atomic E-state index is 13.0. The van der Waals surface area contributed by atoms with Gasteiger partial charge in [0.15, 0.2) is 5.96 Å². The molecule has 3 nitrogen and oxygen atoms in total. The quantitative estimate of drug-likeness (QED) is 0.457. The Morgan fingerprint density at radius 1 is 1.35 bits per heavy atom. The lowest BCUT2D eigenvalue weighted by molar-refractivity contribution is 0.624. The van der Waals surface area contributed by atoms with Gasteiger partial charge < -0.3 is 10.6 Å². The van der Waals surface area contributed by atoms with Crippen molar-refractivity contribution >= 4 is 5.96 Å². The van der Waals surface area contributed by atoms with Crippen LogP contribution >= 0.6 is 0 Å². The van der Waals surface area contributed by atoms with Crippen LogP contribution in [0.2, 0.25) is 0 Å². The fraction of sp³-hybridized carbons (Fsp3) is 0.562. The standard InChI is InChI=1S/C16H24FN3/c1-2-18-16(20-12-14-8-9-14)19-10-4-6-13-5-3-7-15(17)11-13/h3,5,7,11,14H,2,4,6,8-10,12H2,1H3,(H2,18,19,20). The molecule has 1 aliphatic carbocycles. The summed E-state index contributed by atoms with van der Waals surface area (Å²) in [5, 5.41) is 6.59. The zero-order valence-electron chi connectivity index (χ0n) is 12.2. The van der Waals surface area contributed by atoms with Crippen molar-refractivity contribution in [2.45, 2.75) is 32.6 Å². The zero-order chi connectivity index (χ0) is 14.2. The van der Waals surface area contributed by atoms with Gasteiger partial charge in [-0.1, -0.05) is 12.1 Å². The van der Waals surface area contributed by atoms with Crippen molar-refractivity contribution in [3.05, 3.63) is 35.6 Å². The lowest BCUT2D eigenvalue weighted by Gasteiger charge is -2.11. The third-order valence-corrected chi connectivity index (χ3v) is 3.37. The fourth-order valence-electron chi connectivity index (χ4n) is 2.05.